The molecule has 1 nitrogen and oxygen atoms in total. The third-order valence-electron chi connectivity index (χ3n) is 3.50. The van der Waals surface area contributed by atoms with Gasteiger partial charge in [-0.1, -0.05) is 19.4 Å². The van der Waals surface area contributed by atoms with Gasteiger partial charge < -0.3 is 5.32 Å². The molecular formula is C13H17Br2N. The zero-order valence-electron chi connectivity index (χ0n) is 9.47. The van der Waals surface area contributed by atoms with Crippen LogP contribution in [0.25, 0.3) is 0 Å². The maximum absolute atomic E-state index is 3.59. The molecule has 1 aromatic rings. The first kappa shape index (κ1) is 12.6. The third kappa shape index (κ3) is 2.69. The molecule has 1 aliphatic heterocycles. The zero-order valence-corrected chi connectivity index (χ0v) is 12.6. The minimum Gasteiger partial charge on any atom is -0.316 e. The van der Waals surface area contributed by atoms with E-state index in [2.05, 4.69) is 62.3 Å². The average molecular weight is 347 g/mol. The van der Waals surface area contributed by atoms with Gasteiger partial charge in [-0.25, -0.2) is 0 Å². The Hall–Kier alpha value is 0.140. The van der Waals surface area contributed by atoms with E-state index in [0.29, 0.717) is 0 Å². The van der Waals surface area contributed by atoms with Crippen molar-refractivity contribution in [2.24, 2.45) is 5.92 Å². The topological polar surface area (TPSA) is 12.0 Å². The van der Waals surface area contributed by atoms with E-state index in [9.17, 15) is 0 Å². The summed E-state index contributed by atoms with van der Waals surface area (Å²) in [6, 6.07) is 6.67. The summed E-state index contributed by atoms with van der Waals surface area (Å²) in [5, 5.41) is 3.49. The highest BCUT2D eigenvalue weighted by Crippen LogP contribution is 2.35. The maximum Gasteiger partial charge on any atom is 0.0320 e. The van der Waals surface area contributed by atoms with E-state index in [0.717, 1.165) is 29.4 Å². The predicted molar refractivity (Wildman–Crippen MR) is 75.9 cm³/mol. The summed E-state index contributed by atoms with van der Waals surface area (Å²) in [7, 11) is 0. The second kappa shape index (κ2) is 5.65. The van der Waals surface area contributed by atoms with Crippen LogP contribution in [0.3, 0.4) is 0 Å². The van der Waals surface area contributed by atoms with Gasteiger partial charge in [0.05, 0.1) is 0 Å². The minimum absolute atomic E-state index is 0.718. The van der Waals surface area contributed by atoms with Gasteiger partial charge in [0.1, 0.15) is 0 Å². The summed E-state index contributed by atoms with van der Waals surface area (Å²) in [6.07, 6.45) is 2.51. The maximum atomic E-state index is 3.59. The molecule has 1 aromatic carbocycles. The van der Waals surface area contributed by atoms with E-state index in [4.69, 9.17) is 0 Å². The molecule has 0 aliphatic carbocycles. The number of piperidine rings is 1. The van der Waals surface area contributed by atoms with E-state index in [1.165, 1.54) is 22.9 Å². The van der Waals surface area contributed by atoms with Crippen LogP contribution >= 0.6 is 31.9 Å². The van der Waals surface area contributed by atoms with E-state index < -0.39 is 0 Å². The second-order valence-electron chi connectivity index (χ2n) is 4.44. The molecule has 0 bridgehead atoms. The van der Waals surface area contributed by atoms with Gasteiger partial charge in [0.25, 0.3) is 0 Å². The van der Waals surface area contributed by atoms with Gasteiger partial charge in [-0.15, -0.1) is 0 Å². The largest absolute Gasteiger partial charge is 0.316 e. The lowest BCUT2D eigenvalue weighted by atomic mass is 9.80. The Kier molecular flexibility index (Phi) is 4.45. The molecule has 3 heteroatoms. The Balaban J connectivity index is 2.23. The van der Waals surface area contributed by atoms with Crippen LogP contribution in [0, 0.1) is 5.92 Å². The Morgan fingerprint density at radius 1 is 1.31 bits per heavy atom. The van der Waals surface area contributed by atoms with Crippen LogP contribution in [0.4, 0.5) is 0 Å². The molecule has 1 heterocycles. The Bertz CT molecular complexity index is 365. The van der Waals surface area contributed by atoms with Gasteiger partial charge in [-0.3, -0.25) is 0 Å². The number of hydrogen-bond donors (Lipinski definition) is 1. The molecule has 0 aromatic heterocycles. The molecule has 2 unspecified atom stereocenters. The van der Waals surface area contributed by atoms with Crippen molar-refractivity contribution in [3.63, 3.8) is 0 Å². The van der Waals surface area contributed by atoms with Crippen LogP contribution in [0.1, 0.15) is 31.2 Å². The molecule has 16 heavy (non-hydrogen) atoms. The number of rotatable bonds is 2. The standard InChI is InChI=1S/C13H17Br2N/c1-2-9-8-16-6-5-11(9)10-3-4-12(14)13(15)7-10/h3-4,7,9,11,16H,2,5-6,8H2,1H3. The zero-order chi connectivity index (χ0) is 11.5. The van der Waals surface area contributed by atoms with Gasteiger partial charge in [0, 0.05) is 8.95 Å². The van der Waals surface area contributed by atoms with Crippen molar-refractivity contribution in [2.75, 3.05) is 13.1 Å². The monoisotopic (exact) mass is 345 g/mol. The predicted octanol–water partition coefficient (Wildman–Crippen LogP) is 4.31. The lowest BCUT2D eigenvalue weighted by molar-refractivity contribution is 0.318. The van der Waals surface area contributed by atoms with Crippen molar-refractivity contribution in [1.29, 1.82) is 0 Å². The Morgan fingerprint density at radius 2 is 2.12 bits per heavy atom. The molecule has 0 amide bonds. The van der Waals surface area contributed by atoms with E-state index in [1.807, 2.05) is 0 Å². The number of hydrogen-bond acceptors (Lipinski definition) is 1. The number of halogens is 2. The van der Waals surface area contributed by atoms with Crippen LogP contribution < -0.4 is 5.32 Å². The second-order valence-corrected chi connectivity index (χ2v) is 6.15. The van der Waals surface area contributed by atoms with Crippen molar-refractivity contribution >= 4 is 31.9 Å². The number of nitrogens with one attached hydrogen (secondary N) is 1. The smallest absolute Gasteiger partial charge is 0.0320 e. The summed E-state index contributed by atoms with van der Waals surface area (Å²) < 4.78 is 2.30. The summed E-state index contributed by atoms with van der Waals surface area (Å²) in [5.41, 5.74) is 1.48. The Morgan fingerprint density at radius 3 is 2.81 bits per heavy atom. The normalized spacial score (nSPS) is 25.7. The molecule has 1 saturated heterocycles. The molecule has 2 atom stereocenters. The van der Waals surface area contributed by atoms with Crippen LogP contribution in [-0.4, -0.2) is 13.1 Å². The van der Waals surface area contributed by atoms with Gasteiger partial charge >= 0.3 is 0 Å². The quantitative estimate of drug-likeness (QED) is 0.841. The molecular weight excluding hydrogens is 330 g/mol. The highest BCUT2D eigenvalue weighted by atomic mass is 79.9. The van der Waals surface area contributed by atoms with Crippen LogP contribution in [0.5, 0.6) is 0 Å². The lowest BCUT2D eigenvalue weighted by Gasteiger charge is -2.32. The average Bonchev–Trinajstić information content (AvgIpc) is 2.32. The fraction of sp³-hybridized carbons (Fsp3) is 0.538. The lowest BCUT2D eigenvalue weighted by Crippen LogP contribution is -2.35. The number of benzene rings is 1. The van der Waals surface area contributed by atoms with Crippen molar-refractivity contribution in [1.82, 2.24) is 5.32 Å². The summed E-state index contributed by atoms with van der Waals surface area (Å²) in [4.78, 5) is 0. The SMILES string of the molecule is CCC1CNCCC1c1ccc(Br)c(Br)c1. The van der Waals surface area contributed by atoms with E-state index >= 15 is 0 Å². The highest BCUT2D eigenvalue weighted by molar-refractivity contribution is 9.13. The molecule has 0 spiro atoms. The van der Waals surface area contributed by atoms with Crippen molar-refractivity contribution in [3.8, 4) is 0 Å². The highest BCUT2D eigenvalue weighted by Gasteiger charge is 2.25. The van der Waals surface area contributed by atoms with Gasteiger partial charge in [0.2, 0.25) is 0 Å². The molecule has 1 fully saturated rings. The fourth-order valence-corrected chi connectivity index (χ4v) is 3.18. The first-order valence-electron chi connectivity index (χ1n) is 5.88. The van der Waals surface area contributed by atoms with Crippen molar-refractivity contribution < 1.29 is 0 Å². The molecule has 2 rings (SSSR count). The summed E-state index contributed by atoms with van der Waals surface area (Å²) in [6.45, 7) is 4.60. The van der Waals surface area contributed by atoms with Gasteiger partial charge in [0.15, 0.2) is 0 Å². The molecule has 1 aliphatic rings. The van der Waals surface area contributed by atoms with Gasteiger partial charge in [-0.2, -0.15) is 0 Å². The Labute approximate surface area is 114 Å². The molecule has 1 N–H and O–H groups in total. The molecule has 0 radical (unpaired) electrons. The molecule has 88 valence electrons. The van der Waals surface area contributed by atoms with Crippen LogP contribution in [-0.2, 0) is 0 Å². The van der Waals surface area contributed by atoms with Gasteiger partial charge in [-0.05, 0) is 80.9 Å². The van der Waals surface area contributed by atoms with Crippen LogP contribution in [0.2, 0.25) is 0 Å². The first-order valence-corrected chi connectivity index (χ1v) is 7.46. The molecule has 0 saturated carbocycles. The van der Waals surface area contributed by atoms with Crippen molar-refractivity contribution in [2.45, 2.75) is 25.7 Å². The van der Waals surface area contributed by atoms with Crippen LogP contribution in [0.15, 0.2) is 27.1 Å². The minimum atomic E-state index is 0.718. The van der Waals surface area contributed by atoms with E-state index in [1.54, 1.807) is 0 Å². The van der Waals surface area contributed by atoms with Crippen molar-refractivity contribution in [3.05, 3.63) is 32.7 Å². The fourth-order valence-electron chi connectivity index (χ4n) is 2.53. The summed E-state index contributed by atoms with van der Waals surface area (Å²) >= 11 is 7.12. The van der Waals surface area contributed by atoms with E-state index in [-0.39, 0.29) is 0 Å². The first-order chi connectivity index (χ1) is 7.72. The third-order valence-corrected chi connectivity index (χ3v) is 5.38. The summed E-state index contributed by atoms with van der Waals surface area (Å²) in [5.74, 6) is 1.50.